The number of pyridine rings is 2. The summed E-state index contributed by atoms with van der Waals surface area (Å²) in [6, 6.07) is 5.10. The third kappa shape index (κ3) is 2.19. The number of ether oxygens (including phenoxy) is 1. The lowest BCUT2D eigenvalue weighted by atomic mass is 9.83. The van der Waals surface area contributed by atoms with E-state index >= 15 is 0 Å². The van der Waals surface area contributed by atoms with Crippen LogP contribution < -0.4 is 11.3 Å². The predicted octanol–water partition coefficient (Wildman–Crippen LogP) is 2.58. The Morgan fingerprint density at radius 1 is 1.34 bits per heavy atom. The Bertz CT molecular complexity index is 1480. The number of carbonyl (C=O) groups excluding carboxylic acids is 1. The first-order valence-corrected chi connectivity index (χ1v) is 10.7. The summed E-state index contributed by atoms with van der Waals surface area (Å²) in [6.45, 7) is 9.36. The molecule has 2 aliphatic heterocycles. The third-order valence-corrected chi connectivity index (χ3v) is 7.18. The summed E-state index contributed by atoms with van der Waals surface area (Å²) in [5.41, 5.74) is 10.3. The van der Waals surface area contributed by atoms with E-state index in [0.29, 0.717) is 47.6 Å². The fourth-order valence-corrected chi connectivity index (χ4v) is 5.48. The quantitative estimate of drug-likeness (QED) is 0.356. The molecule has 0 radical (unpaired) electrons. The van der Waals surface area contributed by atoms with Crippen molar-refractivity contribution in [1.29, 1.82) is 0 Å². The van der Waals surface area contributed by atoms with Crippen LogP contribution in [0.25, 0.3) is 27.1 Å². The van der Waals surface area contributed by atoms with E-state index in [0.717, 1.165) is 27.6 Å². The van der Waals surface area contributed by atoms with Crippen molar-refractivity contribution in [2.75, 3.05) is 0 Å². The summed E-state index contributed by atoms with van der Waals surface area (Å²) in [5.74, 6) is -0.741. The molecule has 1 aliphatic carbocycles. The van der Waals surface area contributed by atoms with Crippen molar-refractivity contribution in [2.45, 2.75) is 51.0 Å². The van der Waals surface area contributed by atoms with Gasteiger partial charge in [0.2, 0.25) is 0 Å². The highest BCUT2D eigenvalue weighted by molar-refractivity contribution is 5.95. The molecule has 160 valence electrons. The molecule has 1 unspecified atom stereocenters. The summed E-state index contributed by atoms with van der Waals surface area (Å²) in [7, 11) is 0. The average Bonchev–Trinajstić information content (AvgIpc) is 3.17. The first-order chi connectivity index (χ1) is 15.4. The van der Waals surface area contributed by atoms with Gasteiger partial charge in [0.05, 0.1) is 35.6 Å². The zero-order valence-corrected chi connectivity index (χ0v) is 17.4. The van der Waals surface area contributed by atoms with Crippen molar-refractivity contribution in [3.63, 3.8) is 0 Å². The lowest BCUT2D eigenvalue weighted by Crippen LogP contribution is -2.44. The maximum atomic E-state index is 13.4. The van der Waals surface area contributed by atoms with Gasteiger partial charge in [-0.15, -0.1) is 0 Å². The standard InChI is InChI=1S/C24H20N4O4/c1-3-24(31)14-8-18-21-12(9-28(18)22(29)13(14)10-32-23(24)30)19-15(25)5-4-11-16(26-2)6-7-17(27-21)20(11)19/h6-8,15,31H,3-5,9-10,25H2,1H3/t15?,24-/m0/s1. The molecule has 0 saturated carbocycles. The number of nitrogens with zero attached hydrogens (tertiary/aromatic N) is 3. The lowest BCUT2D eigenvalue weighted by molar-refractivity contribution is -0.172. The topological polar surface area (TPSA) is 112 Å². The van der Waals surface area contributed by atoms with Gasteiger partial charge in [0.15, 0.2) is 11.3 Å². The summed E-state index contributed by atoms with van der Waals surface area (Å²) in [5, 5.41) is 12.0. The minimum atomic E-state index is -1.86. The van der Waals surface area contributed by atoms with Crippen LogP contribution >= 0.6 is 0 Å². The molecule has 8 heteroatoms. The molecule has 0 saturated heterocycles. The molecule has 2 atom stereocenters. The van der Waals surface area contributed by atoms with E-state index in [9.17, 15) is 14.7 Å². The second-order valence-electron chi connectivity index (χ2n) is 8.67. The van der Waals surface area contributed by atoms with Gasteiger partial charge in [-0.05, 0) is 47.9 Å². The van der Waals surface area contributed by atoms with Crippen molar-refractivity contribution in [2.24, 2.45) is 5.73 Å². The molecule has 6 rings (SSSR count). The van der Waals surface area contributed by atoms with Crippen LogP contribution in [0.2, 0.25) is 0 Å². The highest BCUT2D eigenvalue weighted by atomic mass is 16.6. The fraction of sp³-hybridized carbons (Fsp3) is 0.333. The second kappa shape index (κ2) is 6.25. The molecule has 3 N–H and O–H groups in total. The minimum absolute atomic E-state index is 0.0959. The number of aliphatic hydroxyl groups is 1. The SMILES string of the molecule is [C-]#[N+]c1ccc2nc3c(c4c2c1CCC4N)Cn1c-3cc2c(c1=O)COC(=O)[C@]2(O)CC. The number of aryl methyl sites for hydroxylation is 1. The van der Waals surface area contributed by atoms with Gasteiger partial charge >= 0.3 is 5.97 Å². The van der Waals surface area contributed by atoms with E-state index in [1.165, 1.54) is 0 Å². The largest absolute Gasteiger partial charge is 0.458 e. The maximum absolute atomic E-state index is 13.4. The van der Waals surface area contributed by atoms with Crippen molar-refractivity contribution >= 4 is 22.6 Å². The molecule has 3 aromatic rings. The van der Waals surface area contributed by atoms with Crippen LogP contribution in [0.1, 0.15) is 53.6 Å². The van der Waals surface area contributed by atoms with E-state index in [1.54, 1.807) is 23.6 Å². The first kappa shape index (κ1) is 19.2. The highest BCUT2D eigenvalue weighted by Gasteiger charge is 2.45. The van der Waals surface area contributed by atoms with Crippen molar-refractivity contribution in [3.8, 4) is 11.4 Å². The van der Waals surface area contributed by atoms with E-state index in [2.05, 4.69) is 4.85 Å². The van der Waals surface area contributed by atoms with Crippen LogP contribution in [0, 0.1) is 6.57 Å². The molecule has 0 spiro atoms. The Labute approximate surface area is 183 Å². The highest BCUT2D eigenvalue weighted by Crippen LogP contribution is 2.46. The summed E-state index contributed by atoms with van der Waals surface area (Å²) < 4.78 is 6.76. The van der Waals surface area contributed by atoms with Crippen LogP contribution in [0.5, 0.6) is 0 Å². The number of aromatic nitrogens is 2. The Kier molecular flexibility index (Phi) is 3.74. The van der Waals surface area contributed by atoms with Gasteiger partial charge in [-0.3, -0.25) is 4.79 Å². The van der Waals surface area contributed by atoms with E-state index < -0.39 is 11.6 Å². The zero-order chi connectivity index (χ0) is 22.4. The monoisotopic (exact) mass is 428 g/mol. The number of hydrogen-bond acceptors (Lipinski definition) is 6. The van der Waals surface area contributed by atoms with Crippen LogP contribution in [0.3, 0.4) is 0 Å². The number of nitrogens with two attached hydrogens (primary N) is 1. The smallest absolute Gasteiger partial charge is 0.343 e. The molecule has 4 heterocycles. The van der Waals surface area contributed by atoms with Gasteiger partial charge in [-0.1, -0.05) is 13.0 Å². The number of benzene rings is 1. The number of hydrogen-bond donors (Lipinski definition) is 2. The van der Waals surface area contributed by atoms with Crippen molar-refractivity contribution < 1.29 is 14.6 Å². The predicted molar refractivity (Wildman–Crippen MR) is 116 cm³/mol. The van der Waals surface area contributed by atoms with Gasteiger partial charge in [-0.2, -0.15) is 0 Å². The molecule has 0 fully saturated rings. The fourth-order valence-electron chi connectivity index (χ4n) is 5.48. The van der Waals surface area contributed by atoms with Gasteiger partial charge in [0.25, 0.3) is 5.56 Å². The summed E-state index contributed by atoms with van der Waals surface area (Å²) in [6.07, 6.45) is 1.53. The van der Waals surface area contributed by atoms with E-state index in [-0.39, 0.29) is 24.6 Å². The van der Waals surface area contributed by atoms with E-state index in [1.807, 2.05) is 6.07 Å². The van der Waals surface area contributed by atoms with Gasteiger partial charge in [0.1, 0.15) is 6.61 Å². The normalized spacial score (nSPS) is 22.7. The molecular weight excluding hydrogens is 408 g/mol. The number of carbonyl (C=O) groups is 1. The minimum Gasteiger partial charge on any atom is -0.458 e. The van der Waals surface area contributed by atoms with E-state index in [4.69, 9.17) is 22.0 Å². The Morgan fingerprint density at radius 2 is 2.16 bits per heavy atom. The molecule has 8 nitrogen and oxygen atoms in total. The Balaban J connectivity index is 1.69. The summed E-state index contributed by atoms with van der Waals surface area (Å²) >= 11 is 0. The van der Waals surface area contributed by atoms with Crippen LogP contribution in [0.4, 0.5) is 5.69 Å². The zero-order valence-electron chi connectivity index (χ0n) is 17.4. The Hall–Kier alpha value is -3.54. The molecule has 0 bridgehead atoms. The lowest BCUT2D eigenvalue weighted by Gasteiger charge is -2.31. The third-order valence-electron chi connectivity index (χ3n) is 7.18. The van der Waals surface area contributed by atoms with Crippen LogP contribution in [-0.4, -0.2) is 20.6 Å². The van der Waals surface area contributed by atoms with Gasteiger partial charge in [0, 0.05) is 17.2 Å². The second-order valence-corrected chi connectivity index (χ2v) is 8.67. The first-order valence-electron chi connectivity index (χ1n) is 10.7. The number of fused-ring (bicyclic) bond motifs is 5. The maximum Gasteiger partial charge on any atom is 0.343 e. The number of cyclic esters (lactones) is 1. The summed E-state index contributed by atoms with van der Waals surface area (Å²) in [4.78, 5) is 34.3. The molecule has 3 aliphatic rings. The molecular formula is C24H20N4O4. The number of esters is 1. The van der Waals surface area contributed by atoms with Crippen molar-refractivity contribution in [1.82, 2.24) is 9.55 Å². The van der Waals surface area contributed by atoms with Gasteiger partial charge < -0.3 is 20.1 Å². The van der Waals surface area contributed by atoms with Crippen LogP contribution in [0.15, 0.2) is 23.0 Å². The Morgan fingerprint density at radius 3 is 2.91 bits per heavy atom. The number of rotatable bonds is 1. The molecule has 32 heavy (non-hydrogen) atoms. The van der Waals surface area contributed by atoms with Gasteiger partial charge in [-0.25, -0.2) is 14.6 Å². The molecule has 2 aromatic heterocycles. The average molecular weight is 428 g/mol. The molecule has 0 amide bonds. The van der Waals surface area contributed by atoms with Crippen LogP contribution in [-0.2, 0) is 34.7 Å². The van der Waals surface area contributed by atoms with Crippen molar-refractivity contribution in [3.05, 3.63) is 67.8 Å². The molecule has 1 aromatic carbocycles.